The maximum atomic E-state index is 5.74. The number of hydrogen-bond donors (Lipinski definition) is 1. The Balaban J connectivity index is 2.09. The molecule has 0 amide bonds. The van der Waals surface area contributed by atoms with E-state index in [1.165, 1.54) is 0 Å². The Labute approximate surface area is 163 Å². The SMILES string of the molecule is C=CCOc1c(I)cc(CNc2ccc(OCC)cc2)cc1OCC. The van der Waals surface area contributed by atoms with Crippen molar-refractivity contribution in [2.75, 3.05) is 25.1 Å². The van der Waals surface area contributed by atoms with Gasteiger partial charge >= 0.3 is 0 Å². The predicted molar refractivity (Wildman–Crippen MR) is 111 cm³/mol. The van der Waals surface area contributed by atoms with Crippen molar-refractivity contribution >= 4 is 28.3 Å². The van der Waals surface area contributed by atoms with Gasteiger partial charge in [-0.2, -0.15) is 0 Å². The molecule has 0 atom stereocenters. The van der Waals surface area contributed by atoms with E-state index in [0.29, 0.717) is 26.4 Å². The maximum Gasteiger partial charge on any atom is 0.174 e. The molecule has 0 radical (unpaired) electrons. The maximum absolute atomic E-state index is 5.74. The van der Waals surface area contributed by atoms with E-state index in [1.807, 2.05) is 44.2 Å². The van der Waals surface area contributed by atoms with Crippen LogP contribution in [0.4, 0.5) is 5.69 Å². The van der Waals surface area contributed by atoms with Crippen molar-refractivity contribution in [2.45, 2.75) is 20.4 Å². The highest BCUT2D eigenvalue weighted by Crippen LogP contribution is 2.34. The lowest BCUT2D eigenvalue weighted by Gasteiger charge is -2.15. The third kappa shape index (κ3) is 5.85. The Kier molecular flexibility index (Phi) is 7.91. The van der Waals surface area contributed by atoms with Gasteiger partial charge in [-0.05, 0) is 78.4 Å². The second-order valence-electron chi connectivity index (χ2n) is 5.25. The topological polar surface area (TPSA) is 39.7 Å². The standard InChI is InChI=1S/C20H24INO3/c1-4-11-25-20-18(21)12-15(13-19(20)24-6-3)14-22-16-7-9-17(10-8-16)23-5-2/h4,7-10,12-13,22H,1,5-6,11,14H2,2-3H3. The highest BCUT2D eigenvalue weighted by molar-refractivity contribution is 14.1. The third-order valence-electron chi connectivity index (χ3n) is 3.38. The molecule has 1 N–H and O–H groups in total. The first-order valence-electron chi connectivity index (χ1n) is 8.33. The molecule has 0 aromatic heterocycles. The van der Waals surface area contributed by atoms with E-state index in [4.69, 9.17) is 14.2 Å². The minimum absolute atomic E-state index is 0.458. The first kappa shape index (κ1) is 19.4. The fourth-order valence-electron chi connectivity index (χ4n) is 2.31. The summed E-state index contributed by atoms with van der Waals surface area (Å²) in [4.78, 5) is 0. The van der Waals surface area contributed by atoms with Crippen molar-refractivity contribution in [1.29, 1.82) is 0 Å². The Morgan fingerprint density at radius 1 is 1.04 bits per heavy atom. The number of anilines is 1. The molecule has 2 aromatic carbocycles. The molecule has 0 unspecified atom stereocenters. The molecule has 134 valence electrons. The number of benzene rings is 2. The molecule has 0 fully saturated rings. The third-order valence-corrected chi connectivity index (χ3v) is 4.18. The van der Waals surface area contributed by atoms with Gasteiger partial charge in [-0.15, -0.1) is 0 Å². The largest absolute Gasteiger partial charge is 0.494 e. The van der Waals surface area contributed by atoms with E-state index in [-0.39, 0.29) is 0 Å². The van der Waals surface area contributed by atoms with E-state index >= 15 is 0 Å². The molecule has 0 heterocycles. The average Bonchev–Trinajstić information content (AvgIpc) is 2.61. The molecule has 0 aliphatic heterocycles. The Hall–Kier alpha value is -1.89. The van der Waals surface area contributed by atoms with Crippen molar-refractivity contribution in [1.82, 2.24) is 0 Å². The zero-order chi connectivity index (χ0) is 18.1. The van der Waals surface area contributed by atoms with Crippen LogP contribution in [0.5, 0.6) is 17.2 Å². The number of nitrogens with one attached hydrogen (secondary N) is 1. The van der Waals surface area contributed by atoms with Crippen LogP contribution in [-0.4, -0.2) is 19.8 Å². The van der Waals surface area contributed by atoms with E-state index in [9.17, 15) is 0 Å². The highest BCUT2D eigenvalue weighted by Gasteiger charge is 2.12. The van der Waals surface area contributed by atoms with Gasteiger partial charge in [0.1, 0.15) is 12.4 Å². The van der Waals surface area contributed by atoms with Gasteiger partial charge < -0.3 is 19.5 Å². The van der Waals surface area contributed by atoms with Gasteiger partial charge in [-0.3, -0.25) is 0 Å². The van der Waals surface area contributed by atoms with Gasteiger partial charge in [0.15, 0.2) is 11.5 Å². The zero-order valence-corrected chi connectivity index (χ0v) is 16.8. The minimum atomic E-state index is 0.458. The van der Waals surface area contributed by atoms with Crippen LogP contribution in [0.2, 0.25) is 0 Å². The zero-order valence-electron chi connectivity index (χ0n) is 14.7. The van der Waals surface area contributed by atoms with E-state index < -0.39 is 0 Å². The monoisotopic (exact) mass is 453 g/mol. The molecule has 2 aromatic rings. The summed E-state index contributed by atoms with van der Waals surface area (Å²) in [6.07, 6.45) is 1.73. The summed E-state index contributed by atoms with van der Waals surface area (Å²) in [7, 11) is 0. The summed E-state index contributed by atoms with van der Waals surface area (Å²) in [5.41, 5.74) is 2.18. The van der Waals surface area contributed by atoms with Gasteiger partial charge in [0, 0.05) is 12.2 Å². The summed E-state index contributed by atoms with van der Waals surface area (Å²) < 4.78 is 18.0. The van der Waals surface area contributed by atoms with Crippen LogP contribution in [0.25, 0.3) is 0 Å². The van der Waals surface area contributed by atoms with Gasteiger partial charge in [0.2, 0.25) is 0 Å². The van der Waals surface area contributed by atoms with Crippen molar-refractivity contribution in [3.05, 3.63) is 58.2 Å². The van der Waals surface area contributed by atoms with Crippen molar-refractivity contribution < 1.29 is 14.2 Å². The van der Waals surface area contributed by atoms with Crippen LogP contribution in [0.15, 0.2) is 49.1 Å². The first-order chi connectivity index (χ1) is 12.2. The van der Waals surface area contributed by atoms with E-state index in [0.717, 1.165) is 32.1 Å². The van der Waals surface area contributed by atoms with Crippen LogP contribution in [-0.2, 0) is 6.54 Å². The molecule has 25 heavy (non-hydrogen) atoms. The molecule has 0 saturated heterocycles. The van der Waals surface area contributed by atoms with Crippen LogP contribution < -0.4 is 19.5 Å². The molecule has 0 spiro atoms. The quantitative estimate of drug-likeness (QED) is 0.393. The van der Waals surface area contributed by atoms with Crippen LogP contribution in [0.1, 0.15) is 19.4 Å². The number of hydrogen-bond acceptors (Lipinski definition) is 4. The Morgan fingerprint density at radius 3 is 2.40 bits per heavy atom. The fourth-order valence-corrected chi connectivity index (χ4v) is 3.13. The fraction of sp³-hybridized carbons (Fsp3) is 0.300. The van der Waals surface area contributed by atoms with Crippen molar-refractivity contribution in [3.63, 3.8) is 0 Å². The number of ether oxygens (including phenoxy) is 3. The average molecular weight is 453 g/mol. The van der Waals surface area contributed by atoms with Gasteiger partial charge in [-0.25, -0.2) is 0 Å². The van der Waals surface area contributed by atoms with Gasteiger partial charge in [0.05, 0.1) is 16.8 Å². The van der Waals surface area contributed by atoms with Gasteiger partial charge in [-0.1, -0.05) is 12.7 Å². The van der Waals surface area contributed by atoms with Crippen molar-refractivity contribution in [2.24, 2.45) is 0 Å². The smallest absolute Gasteiger partial charge is 0.174 e. The molecule has 0 aliphatic rings. The summed E-state index contributed by atoms with van der Waals surface area (Å²) >= 11 is 2.28. The lowest BCUT2D eigenvalue weighted by molar-refractivity contribution is 0.295. The molecule has 0 saturated carbocycles. The molecule has 4 nitrogen and oxygen atoms in total. The Bertz CT molecular complexity index is 686. The summed E-state index contributed by atoms with van der Waals surface area (Å²) in [5.74, 6) is 2.41. The molecule has 2 rings (SSSR count). The number of rotatable bonds is 10. The second kappa shape index (κ2) is 10.2. The summed E-state index contributed by atoms with van der Waals surface area (Å²) in [5, 5.41) is 3.42. The predicted octanol–water partition coefficient (Wildman–Crippen LogP) is 5.27. The van der Waals surface area contributed by atoms with E-state index in [2.05, 4.69) is 40.6 Å². The molecule has 0 bridgehead atoms. The van der Waals surface area contributed by atoms with Crippen LogP contribution in [0.3, 0.4) is 0 Å². The number of halogens is 1. The minimum Gasteiger partial charge on any atom is -0.494 e. The lowest BCUT2D eigenvalue weighted by atomic mass is 10.2. The van der Waals surface area contributed by atoms with Crippen molar-refractivity contribution in [3.8, 4) is 17.2 Å². The second-order valence-corrected chi connectivity index (χ2v) is 6.41. The summed E-state index contributed by atoms with van der Waals surface area (Å²) in [6.45, 7) is 10.1. The van der Waals surface area contributed by atoms with Gasteiger partial charge in [0.25, 0.3) is 0 Å². The molecular weight excluding hydrogens is 429 g/mol. The first-order valence-corrected chi connectivity index (χ1v) is 9.41. The molecule has 0 aliphatic carbocycles. The molecular formula is C20H24INO3. The lowest BCUT2D eigenvalue weighted by Crippen LogP contribution is -2.04. The van der Waals surface area contributed by atoms with Crippen LogP contribution >= 0.6 is 22.6 Å². The molecule has 5 heteroatoms. The highest BCUT2D eigenvalue weighted by atomic mass is 127. The van der Waals surface area contributed by atoms with Crippen LogP contribution in [0, 0.1) is 3.57 Å². The summed E-state index contributed by atoms with van der Waals surface area (Å²) in [6, 6.07) is 12.1. The normalized spacial score (nSPS) is 10.2. The Morgan fingerprint density at radius 2 is 1.76 bits per heavy atom. The van der Waals surface area contributed by atoms with E-state index in [1.54, 1.807) is 6.08 Å².